The van der Waals surface area contributed by atoms with E-state index in [1.807, 2.05) is 4.90 Å². The Morgan fingerprint density at radius 2 is 1.81 bits per heavy atom. The van der Waals surface area contributed by atoms with Crippen molar-refractivity contribution in [3.05, 3.63) is 48.2 Å². The molecule has 0 unspecified atom stereocenters. The summed E-state index contributed by atoms with van der Waals surface area (Å²) < 4.78 is 64.5. The molecular formula is C22H28F3N5O6S. The van der Waals surface area contributed by atoms with Crippen molar-refractivity contribution in [3.63, 3.8) is 0 Å². The van der Waals surface area contributed by atoms with Crippen molar-refractivity contribution in [2.45, 2.75) is 17.5 Å². The van der Waals surface area contributed by atoms with Crippen LogP contribution in [-0.2, 0) is 19.6 Å². The van der Waals surface area contributed by atoms with E-state index in [9.17, 15) is 26.4 Å². The quantitative estimate of drug-likeness (QED) is 0.344. The zero-order chi connectivity index (χ0) is 27.5. The van der Waals surface area contributed by atoms with E-state index in [0.29, 0.717) is 44.0 Å². The molecule has 37 heavy (non-hydrogen) atoms. The van der Waals surface area contributed by atoms with Crippen molar-refractivity contribution < 1.29 is 41.0 Å². The number of nitrogens with zero attached hydrogens (tertiary/aromatic N) is 2. The van der Waals surface area contributed by atoms with Crippen LogP contribution >= 0.6 is 0 Å². The van der Waals surface area contributed by atoms with E-state index in [-0.39, 0.29) is 16.5 Å². The lowest BCUT2D eigenvalue weighted by molar-refractivity contribution is -0.192. The summed E-state index contributed by atoms with van der Waals surface area (Å²) >= 11 is 0. The van der Waals surface area contributed by atoms with Gasteiger partial charge in [-0.25, -0.2) is 18.2 Å². The number of alkyl halides is 3. The van der Waals surface area contributed by atoms with E-state index in [1.54, 1.807) is 25.3 Å². The van der Waals surface area contributed by atoms with Crippen LogP contribution in [0.15, 0.2) is 47.5 Å². The van der Waals surface area contributed by atoms with Crippen LogP contribution in [0.5, 0.6) is 0 Å². The van der Waals surface area contributed by atoms with Gasteiger partial charge in [0.05, 0.1) is 22.3 Å². The lowest BCUT2D eigenvalue weighted by atomic mass is 10.2. The normalized spacial score (nSPS) is 13.8. The Hall–Kier alpha value is -3.43. The lowest BCUT2D eigenvalue weighted by Gasteiger charge is -2.30. The number of halogens is 3. The number of nitrogens with one attached hydrogen (secondary N) is 3. The smallest absolute Gasteiger partial charge is 0.475 e. The summed E-state index contributed by atoms with van der Waals surface area (Å²) in [6.07, 6.45) is -2.96. The maximum atomic E-state index is 12.8. The van der Waals surface area contributed by atoms with Crippen molar-refractivity contribution in [1.82, 2.24) is 15.6 Å². The number of carboxylic acid groups (broad SMARTS) is 1. The molecule has 0 bridgehead atoms. The van der Waals surface area contributed by atoms with Crippen LogP contribution in [0.3, 0.4) is 0 Å². The number of methoxy groups -OCH3 is 1. The highest BCUT2D eigenvalue weighted by atomic mass is 32.2. The van der Waals surface area contributed by atoms with E-state index in [1.165, 1.54) is 24.4 Å². The number of aromatic nitrogens is 1. The standard InChI is InChI=1S/C20H27N5O4S.C2HF3O2/c1-29-13-5-8-22-20(26)18-14-16(15-23-19(18)25-11-9-21-10-12-25)24-30(27,28)17-6-3-2-4-7-17;3-2(4,5)1(6)7/h2-4,6-7,14-15,21,24H,5,8-13H2,1H3,(H,22,26);(H,6,7). The SMILES string of the molecule is COCCCNC(=O)c1cc(NS(=O)(=O)c2ccccc2)cnc1N1CCNCC1.O=C(O)C(F)(F)F. The second-order valence-corrected chi connectivity index (χ2v) is 9.34. The topological polar surface area (TPSA) is 150 Å². The highest BCUT2D eigenvalue weighted by Gasteiger charge is 2.38. The van der Waals surface area contributed by atoms with E-state index in [2.05, 4.69) is 20.3 Å². The van der Waals surface area contributed by atoms with Crippen molar-refractivity contribution >= 4 is 33.4 Å². The molecule has 2 aromatic rings. The maximum Gasteiger partial charge on any atom is 0.490 e. The Kier molecular flexibility index (Phi) is 11.1. The number of anilines is 2. The summed E-state index contributed by atoms with van der Waals surface area (Å²) in [5.74, 6) is -2.51. The Morgan fingerprint density at radius 1 is 1.19 bits per heavy atom. The van der Waals surface area contributed by atoms with Gasteiger partial charge in [-0.1, -0.05) is 18.2 Å². The van der Waals surface area contributed by atoms with Gasteiger partial charge in [0.1, 0.15) is 5.82 Å². The average molecular weight is 548 g/mol. The first kappa shape index (κ1) is 29.8. The Labute approximate surface area is 212 Å². The third-order valence-corrected chi connectivity index (χ3v) is 6.28. The van der Waals surface area contributed by atoms with Gasteiger partial charge in [0, 0.05) is 46.4 Å². The molecule has 3 rings (SSSR count). The molecule has 204 valence electrons. The van der Waals surface area contributed by atoms with E-state index in [0.717, 1.165) is 13.1 Å². The number of carbonyl (C=O) groups is 2. The Bertz CT molecular complexity index is 1140. The maximum absolute atomic E-state index is 12.8. The molecule has 0 radical (unpaired) electrons. The molecule has 11 nitrogen and oxygen atoms in total. The van der Waals surface area contributed by atoms with E-state index < -0.39 is 22.2 Å². The third kappa shape index (κ3) is 9.51. The molecule has 1 saturated heterocycles. The molecule has 1 amide bonds. The van der Waals surface area contributed by atoms with Crippen molar-refractivity contribution in [2.24, 2.45) is 0 Å². The van der Waals surface area contributed by atoms with Crippen LogP contribution in [0.25, 0.3) is 0 Å². The third-order valence-electron chi connectivity index (χ3n) is 4.89. The number of carboxylic acids is 1. The Balaban J connectivity index is 0.000000604. The largest absolute Gasteiger partial charge is 0.490 e. The molecule has 1 aromatic carbocycles. The number of carbonyl (C=O) groups excluding carboxylic acids is 1. The monoisotopic (exact) mass is 547 g/mol. The van der Waals surface area contributed by atoms with Gasteiger partial charge in [-0.05, 0) is 24.6 Å². The van der Waals surface area contributed by atoms with Crippen molar-refractivity contribution in [1.29, 1.82) is 0 Å². The number of hydrogen-bond donors (Lipinski definition) is 4. The molecule has 1 aliphatic heterocycles. The fourth-order valence-electron chi connectivity index (χ4n) is 3.14. The Morgan fingerprint density at radius 3 is 2.38 bits per heavy atom. The number of benzene rings is 1. The number of rotatable bonds is 9. The minimum absolute atomic E-state index is 0.141. The van der Waals surface area contributed by atoms with Crippen LogP contribution in [-0.4, -0.2) is 83.0 Å². The zero-order valence-corrected chi connectivity index (χ0v) is 20.7. The predicted molar refractivity (Wildman–Crippen MR) is 129 cm³/mol. The molecule has 0 spiro atoms. The van der Waals surface area contributed by atoms with Gasteiger partial charge in [-0.15, -0.1) is 0 Å². The molecule has 0 saturated carbocycles. The number of ether oxygens (including phenoxy) is 1. The number of sulfonamides is 1. The molecule has 0 atom stereocenters. The van der Waals surface area contributed by atoms with Crippen LogP contribution in [0.1, 0.15) is 16.8 Å². The fourth-order valence-corrected chi connectivity index (χ4v) is 4.19. The summed E-state index contributed by atoms with van der Waals surface area (Å²) in [7, 11) is -2.17. The molecule has 1 aromatic heterocycles. The van der Waals surface area contributed by atoms with Gasteiger partial charge in [0.2, 0.25) is 0 Å². The van der Waals surface area contributed by atoms with Gasteiger partial charge >= 0.3 is 12.1 Å². The average Bonchev–Trinajstić information content (AvgIpc) is 2.87. The number of hydrogen-bond acceptors (Lipinski definition) is 8. The van der Waals surface area contributed by atoms with Gasteiger partial charge < -0.3 is 25.4 Å². The highest BCUT2D eigenvalue weighted by molar-refractivity contribution is 7.92. The first-order valence-electron chi connectivity index (χ1n) is 11.1. The molecule has 15 heteroatoms. The molecule has 0 aliphatic carbocycles. The second-order valence-electron chi connectivity index (χ2n) is 7.66. The van der Waals surface area contributed by atoms with E-state index >= 15 is 0 Å². The van der Waals surface area contributed by atoms with Crippen molar-refractivity contribution in [3.8, 4) is 0 Å². The molecular weight excluding hydrogens is 519 g/mol. The molecule has 4 N–H and O–H groups in total. The number of pyridine rings is 1. The lowest BCUT2D eigenvalue weighted by Crippen LogP contribution is -2.44. The molecule has 1 aliphatic rings. The zero-order valence-electron chi connectivity index (χ0n) is 19.9. The first-order valence-corrected chi connectivity index (χ1v) is 12.5. The minimum atomic E-state index is -5.08. The number of aliphatic carboxylic acids is 1. The highest BCUT2D eigenvalue weighted by Crippen LogP contribution is 2.24. The van der Waals surface area contributed by atoms with Gasteiger partial charge in [-0.3, -0.25) is 9.52 Å². The summed E-state index contributed by atoms with van der Waals surface area (Å²) in [6.45, 7) is 4.00. The summed E-state index contributed by atoms with van der Waals surface area (Å²) in [5.41, 5.74) is 0.572. The number of piperazine rings is 1. The van der Waals surface area contributed by atoms with E-state index in [4.69, 9.17) is 14.6 Å². The summed E-state index contributed by atoms with van der Waals surface area (Å²) in [4.78, 5) is 28.3. The van der Waals surface area contributed by atoms with Crippen LogP contribution < -0.4 is 20.3 Å². The summed E-state index contributed by atoms with van der Waals surface area (Å²) in [6, 6.07) is 9.60. The van der Waals surface area contributed by atoms with Crippen molar-refractivity contribution in [2.75, 3.05) is 56.1 Å². The van der Waals surface area contributed by atoms with Crippen LogP contribution in [0.4, 0.5) is 24.7 Å². The molecule has 2 heterocycles. The molecule has 1 fully saturated rings. The van der Waals surface area contributed by atoms with Gasteiger partial charge in [-0.2, -0.15) is 13.2 Å². The van der Waals surface area contributed by atoms with Gasteiger partial charge in [0.25, 0.3) is 15.9 Å². The fraction of sp³-hybridized carbons (Fsp3) is 0.409. The van der Waals surface area contributed by atoms with Gasteiger partial charge in [0.15, 0.2) is 0 Å². The van der Waals surface area contributed by atoms with Crippen LogP contribution in [0.2, 0.25) is 0 Å². The minimum Gasteiger partial charge on any atom is -0.475 e. The predicted octanol–water partition coefficient (Wildman–Crippen LogP) is 1.69. The summed E-state index contributed by atoms with van der Waals surface area (Å²) in [5, 5.41) is 13.2. The number of amides is 1. The second kappa shape index (κ2) is 13.8. The first-order chi connectivity index (χ1) is 17.5. The van der Waals surface area contributed by atoms with Crippen LogP contribution in [0, 0.1) is 0 Å².